The summed E-state index contributed by atoms with van der Waals surface area (Å²) >= 11 is 0. The fourth-order valence-electron chi connectivity index (χ4n) is 4.34. The van der Waals surface area contributed by atoms with Crippen LogP contribution in [-0.2, 0) is 4.74 Å². The highest BCUT2D eigenvalue weighted by molar-refractivity contribution is 5.19. The number of ether oxygens (including phenoxy) is 1. The average Bonchev–Trinajstić information content (AvgIpc) is 2.84. The van der Waals surface area contributed by atoms with Crippen molar-refractivity contribution >= 4 is 0 Å². The van der Waals surface area contributed by atoms with Gasteiger partial charge in [0.25, 0.3) is 0 Å². The van der Waals surface area contributed by atoms with Crippen LogP contribution in [0.1, 0.15) is 52.9 Å². The summed E-state index contributed by atoms with van der Waals surface area (Å²) in [4.78, 5) is 0. The summed E-state index contributed by atoms with van der Waals surface area (Å²) in [7, 11) is 0. The molecule has 0 aromatic carbocycles. The lowest BCUT2D eigenvalue weighted by molar-refractivity contribution is -0.0107. The highest BCUT2D eigenvalue weighted by Gasteiger charge is 2.71. The van der Waals surface area contributed by atoms with Crippen LogP contribution in [-0.4, -0.2) is 11.7 Å². The molecule has 5 atom stereocenters. The molecule has 2 aliphatic carbocycles. The fraction of sp³-hybridized carbons (Fsp3) is 1.00. The molecule has 0 bridgehead atoms. The molecule has 0 amide bonds. The molecule has 1 heterocycles. The SMILES string of the molecule is C[C@@H]1C[C@H]2O[C@]23CCCC[C@]3(C)[C@H]1C. The van der Waals surface area contributed by atoms with E-state index in [2.05, 4.69) is 20.8 Å². The van der Waals surface area contributed by atoms with E-state index in [0.717, 1.165) is 11.8 Å². The second-order valence-electron chi connectivity index (χ2n) is 6.12. The topological polar surface area (TPSA) is 12.5 Å². The van der Waals surface area contributed by atoms with Crippen LogP contribution in [0.4, 0.5) is 0 Å². The molecule has 2 saturated carbocycles. The molecule has 0 aromatic rings. The maximum Gasteiger partial charge on any atom is 0.100 e. The zero-order chi connectivity index (χ0) is 9.97. The van der Waals surface area contributed by atoms with E-state index in [9.17, 15) is 0 Å². The van der Waals surface area contributed by atoms with Crippen LogP contribution in [0.15, 0.2) is 0 Å². The first-order chi connectivity index (χ1) is 6.60. The molecule has 80 valence electrons. The Bertz CT molecular complexity index is 262. The van der Waals surface area contributed by atoms with Gasteiger partial charge in [0, 0.05) is 5.41 Å². The normalized spacial score (nSPS) is 61.5. The van der Waals surface area contributed by atoms with Gasteiger partial charge in [-0.05, 0) is 31.1 Å². The van der Waals surface area contributed by atoms with Gasteiger partial charge < -0.3 is 4.74 Å². The van der Waals surface area contributed by atoms with Crippen LogP contribution >= 0.6 is 0 Å². The van der Waals surface area contributed by atoms with Crippen molar-refractivity contribution in [2.45, 2.75) is 64.6 Å². The van der Waals surface area contributed by atoms with Gasteiger partial charge in [0.05, 0.1) is 6.10 Å². The largest absolute Gasteiger partial charge is 0.365 e. The summed E-state index contributed by atoms with van der Waals surface area (Å²) in [5.74, 6) is 1.71. The monoisotopic (exact) mass is 194 g/mol. The quantitative estimate of drug-likeness (QED) is 0.539. The first kappa shape index (κ1) is 9.21. The van der Waals surface area contributed by atoms with E-state index in [0.29, 0.717) is 17.1 Å². The summed E-state index contributed by atoms with van der Waals surface area (Å²) in [5, 5.41) is 0. The van der Waals surface area contributed by atoms with Gasteiger partial charge in [-0.1, -0.05) is 33.6 Å². The standard InChI is InChI=1S/C13H22O/c1-9-8-11-13(14-11)7-5-4-6-12(13,3)10(9)2/h9-11H,4-8H2,1-3H3/t9-,10+,11-,12-,13-/m1/s1. The Balaban J connectivity index is 1.97. The average molecular weight is 194 g/mol. The van der Waals surface area contributed by atoms with Crippen molar-refractivity contribution in [3.8, 4) is 0 Å². The molecule has 3 aliphatic rings. The summed E-state index contributed by atoms with van der Waals surface area (Å²) < 4.78 is 6.11. The van der Waals surface area contributed by atoms with Crippen LogP contribution in [0.2, 0.25) is 0 Å². The predicted molar refractivity (Wildman–Crippen MR) is 57.1 cm³/mol. The van der Waals surface area contributed by atoms with E-state index < -0.39 is 0 Å². The molecule has 0 N–H and O–H groups in total. The molecule has 1 aliphatic heterocycles. The first-order valence-corrected chi connectivity index (χ1v) is 6.28. The lowest BCUT2D eigenvalue weighted by Gasteiger charge is -2.49. The van der Waals surface area contributed by atoms with Crippen molar-refractivity contribution in [1.82, 2.24) is 0 Å². The van der Waals surface area contributed by atoms with Crippen molar-refractivity contribution in [3.05, 3.63) is 0 Å². The van der Waals surface area contributed by atoms with Crippen LogP contribution in [0.3, 0.4) is 0 Å². The van der Waals surface area contributed by atoms with Crippen molar-refractivity contribution in [2.75, 3.05) is 0 Å². The third-order valence-electron chi connectivity index (χ3n) is 5.72. The Morgan fingerprint density at radius 1 is 1.14 bits per heavy atom. The first-order valence-electron chi connectivity index (χ1n) is 6.28. The van der Waals surface area contributed by atoms with Crippen LogP contribution in [0.5, 0.6) is 0 Å². The third-order valence-corrected chi connectivity index (χ3v) is 5.72. The summed E-state index contributed by atoms with van der Waals surface area (Å²) in [6.07, 6.45) is 7.49. The molecular formula is C13H22O. The molecule has 0 aromatic heterocycles. The van der Waals surface area contributed by atoms with Crippen LogP contribution in [0, 0.1) is 17.3 Å². The van der Waals surface area contributed by atoms with Crippen molar-refractivity contribution < 1.29 is 4.74 Å². The second-order valence-corrected chi connectivity index (χ2v) is 6.12. The number of rotatable bonds is 0. The molecule has 1 saturated heterocycles. The Morgan fingerprint density at radius 2 is 1.86 bits per heavy atom. The van der Waals surface area contributed by atoms with Crippen LogP contribution < -0.4 is 0 Å². The maximum atomic E-state index is 6.11. The molecule has 1 heteroatoms. The summed E-state index contributed by atoms with van der Waals surface area (Å²) in [6.45, 7) is 7.36. The molecular weight excluding hydrogens is 172 g/mol. The predicted octanol–water partition coefficient (Wildman–Crippen LogP) is 3.38. The minimum absolute atomic E-state index is 0.331. The zero-order valence-electron chi connectivity index (χ0n) is 9.68. The molecule has 3 rings (SSSR count). The Morgan fingerprint density at radius 3 is 2.64 bits per heavy atom. The van der Waals surface area contributed by atoms with Gasteiger partial charge in [-0.15, -0.1) is 0 Å². The van der Waals surface area contributed by atoms with E-state index in [1.807, 2.05) is 0 Å². The molecule has 3 fully saturated rings. The fourth-order valence-corrected chi connectivity index (χ4v) is 4.34. The highest BCUT2D eigenvalue weighted by atomic mass is 16.6. The summed E-state index contributed by atoms with van der Waals surface area (Å²) in [6, 6.07) is 0. The zero-order valence-corrected chi connectivity index (χ0v) is 9.68. The van der Waals surface area contributed by atoms with Crippen LogP contribution in [0.25, 0.3) is 0 Å². The Hall–Kier alpha value is -0.0400. The molecule has 1 nitrogen and oxygen atoms in total. The van der Waals surface area contributed by atoms with E-state index >= 15 is 0 Å². The van der Waals surface area contributed by atoms with E-state index in [-0.39, 0.29) is 0 Å². The van der Waals surface area contributed by atoms with Crippen molar-refractivity contribution in [1.29, 1.82) is 0 Å². The Kier molecular flexibility index (Phi) is 1.68. The van der Waals surface area contributed by atoms with E-state index in [1.165, 1.54) is 32.1 Å². The molecule has 14 heavy (non-hydrogen) atoms. The maximum absolute atomic E-state index is 6.11. The van der Waals surface area contributed by atoms with E-state index in [4.69, 9.17) is 4.74 Å². The minimum Gasteiger partial charge on any atom is -0.365 e. The summed E-state index contributed by atoms with van der Waals surface area (Å²) in [5.41, 5.74) is 0.824. The molecule has 0 radical (unpaired) electrons. The van der Waals surface area contributed by atoms with Gasteiger partial charge in [0.1, 0.15) is 5.60 Å². The molecule has 1 spiro atoms. The third kappa shape index (κ3) is 0.856. The number of hydrogen-bond donors (Lipinski definition) is 0. The number of hydrogen-bond acceptors (Lipinski definition) is 1. The van der Waals surface area contributed by atoms with Crippen molar-refractivity contribution in [3.63, 3.8) is 0 Å². The second kappa shape index (κ2) is 2.55. The van der Waals surface area contributed by atoms with Gasteiger partial charge in [-0.3, -0.25) is 0 Å². The Labute approximate surface area is 87.2 Å². The minimum atomic E-state index is 0.331. The smallest absolute Gasteiger partial charge is 0.100 e. The van der Waals surface area contributed by atoms with Gasteiger partial charge in [0.15, 0.2) is 0 Å². The van der Waals surface area contributed by atoms with E-state index in [1.54, 1.807) is 0 Å². The highest BCUT2D eigenvalue weighted by Crippen LogP contribution is 2.67. The van der Waals surface area contributed by atoms with Gasteiger partial charge in [0.2, 0.25) is 0 Å². The number of epoxide rings is 1. The molecule has 0 unspecified atom stereocenters. The van der Waals surface area contributed by atoms with Crippen molar-refractivity contribution in [2.24, 2.45) is 17.3 Å². The lowest BCUT2D eigenvalue weighted by Crippen LogP contribution is -2.50. The van der Waals surface area contributed by atoms with Gasteiger partial charge in [-0.25, -0.2) is 0 Å². The lowest BCUT2D eigenvalue weighted by atomic mass is 9.53. The van der Waals surface area contributed by atoms with Gasteiger partial charge in [-0.2, -0.15) is 0 Å². The van der Waals surface area contributed by atoms with Gasteiger partial charge >= 0.3 is 0 Å².